The van der Waals surface area contributed by atoms with Gasteiger partial charge in [-0.3, -0.25) is 4.57 Å². The second-order valence-corrected chi connectivity index (χ2v) is 4.17. The van der Waals surface area contributed by atoms with Crippen molar-refractivity contribution in [3.63, 3.8) is 0 Å². The van der Waals surface area contributed by atoms with Crippen LogP contribution in [0.25, 0.3) is 11.1 Å². The van der Waals surface area contributed by atoms with Crippen molar-refractivity contribution < 1.29 is 4.42 Å². The van der Waals surface area contributed by atoms with Gasteiger partial charge in [0.1, 0.15) is 0 Å². The Labute approximate surface area is 98.9 Å². The summed E-state index contributed by atoms with van der Waals surface area (Å²) in [6.07, 6.45) is 0. The van der Waals surface area contributed by atoms with Crippen LogP contribution in [0.2, 0.25) is 0 Å². The van der Waals surface area contributed by atoms with E-state index in [-0.39, 0.29) is 5.76 Å². The lowest BCUT2D eigenvalue weighted by Gasteiger charge is -2.17. The van der Waals surface area contributed by atoms with Crippen molar-refractivity contribution in [2.75, 3.05) is 24.2 Å². The molecule has 86 valence electrons. The topological polar surface area (TPSA) is 38.4 Å². The Balaban J connectivity index is 2.48. The summed E-state index contributed by atoms with van der Waals surface area (Å²) < 4.78 is 6.63. The zero-order chi connectivity index (χ0) is 11.7. The van der Waals surface area contributed by atoms with Crippen molar-refractivity contribution in [1.29, 1.82) is 0 Å². The van der Waals surface area contributed by atoms with E-state index in [9.17, 15) is 4.79 Å². The molecule has 0 N–H and O–H groups in total. The Morgan fingerprint density at radius 3 is 2.94 bits per heavy atom. The SMILES string of the molecule is CN(CCS)c1ccc2c(c1)oc(=O)n2C. The molecule has 4 nitrogen and oxygen atoms in total. The number of nitrogens with zero attached hydrogens (tertiary/aromatic N) is 2. The molecule has 0 atom stereocenters. The van der Waals surface area contributed by atoms with Crippen LogP contribution in [0.15, 0.2) is 27.4 Å². The highest BCUT2D eigenvalue weighted by Gasteiger charge is 2.07. The maximum absolute atomic E-state index is 11.3. The molecule has 0 fully saturated rings. The zero-order valence-corrected chi connectivity index (χ0v) is 10.2. The summed E-state index contributed by atoms with van der Waals surface area (Å²) >= 11 is 4.18. The predicted octanol–water partition coefficient (Wildman–Crippen LogP) is 1.50. The van der Waals surface area contributed by atoms with Crippen LogP contribution in [0.3, 0.4) is 0 Å². The molecule has 0 amide bonds. The molecule has 1 heterocycles. The molecular formula is C11H14N2O2S. The minimum atomic E-state index is -0.330. The maximum Gasteiger partial charge on any atom is 0.419 e. The van der Waals surface area contributed by atoms with Gasteiger partial charge in [-0.1, -0.05) is 0 Å². The Morgan fingerprint density at radius 2 is 2.25 bits per heavy atom. The molecule has 0 unspecified atom stereocenters. The van der Waals surface area contributed by atoms with Gasteiger partial charge in [0.2, 0.25) is 0 Å². The van der Waals surface area contributed by atoms with Gasteiger partial charge in [-0.2, -0.15) is 12.6 Å². The molecule has 1 aromatic heterocycles. The van der Waals surface area contributed by atoms with E-state index in [1.54, 1.807) is 7.05 Å². The molecule has 0 bridgehead atoms. The van der Waals surface area contributed by atoms with Crippen molar-refractivity contribution in [2.45, 2.75) is 0 Å². The van der Waals surface area contributed by atoms with E-state index >= 15 is 0 Å². The first kappa shape index (κ1) is 11.1. The average molecular weight is 238 g/mol. The van der Waals surface area contributed by atoms with Gasteiger partial charge in [-0.15, -0.1) is 0 Å². The van der Waals surface area contributed by atoms with Crippen LogP contribution in [0.5, 0.6) is 0 Å². The minimum Gasteiger partial charge on any atom is -0.408 e. The normalized spacial score (nSPS) is 10.9. The van der Waals surface area contributed by atoms with Crippen LogP contribution < -0.4 is 10.7 Å². The lowest BCUT2D eigenvalue weighted by molar-refractivity contribution is 0.528. The summed E-state index contributed by atoms with van der Waals surface area (Å²) in [5.41, 5.74) is 2.46. The van der Waals surface area contributed by atoms with Crippen LogP contribution in [0.4, 0.5) is 5.69 Å². The molecule has 0 saturated heterocycles. The van der Waals surface area contributed by atoms with Gasteiger partial charge in [0.25, 0.3) is 0 Å². The third kappa shape index (κ3) is 1.82. The van der Waals surface area contributed by atoms with Gasteiger partial charge in [0.05, 0.1) is 5.52 Å². The number of thiol groups is 1. The molecule has 0 spiro atoms. The van der Waals surface area contributed by atoms with Crippen molar-refractivity contribution in [3.05, 3.63) is 28.7 Å². The van der Waals surface area contributed by atoms with Gasteiger partial charge >= 0.3 is 5.76 Å². The van der Waals surface area contributed by atoms with E-state index < -0.39 is 0 Å². The molecule has 0 saturated carbocycles. The summed E-state index contributed by atoms with van der Waals surface area (Å²) in [4.78, 5) is 13.4. The molecule has 2 aromatic rings. The summed E-state index contributed by atoms with van der Waals surface area (Å²) in [5, 5.41) is 0. The predicted molar refractivity (Wildman–Crippen MR) is 68.6 cm³/mol. The van der Waals surface area contributed by atoms with E-state index in [1.165, 1.54) is 4.57 Å². The Hall–Kier alpha value is -1.36. The number of rotatable bonds is 3. The second kappa shape index (κ2) is 4.25. The number of aromatic nitrogens is 1. The van der Waals surface area contributed by atoms with E-state index in [0.29, 0.717) is 5.58 Å². The number of hydrogen-bond donors (Lipinski definition) is 1. The number of fused-ring (bicyclic) bond motifs is 1. The van der Waals surface area contributed by atoms with Gasteiger partial charge in [0.15, 0.2) is 5.58 Å². The number of benzene rings is 1. The lowest BCUT2D eigenvalue weighted by atomic mass is 10.2. The Morgan fingerprint density at radius 1 is 1.50 bits per heavy atom. The highest BCUT2D eigenvalue weighted by molar-refractivity contribution is 7.80. The molecular weight excluding hydrogens is 224 g/mol. The summed E-state index contributed by atoms with van der Waals surface area (Å²) in [6.45, 7) is 0.853. The fourth-order valence-corrected chi connectivity index (χ4v) is 1.94. The largest absolute Gasteiger partial charge is 0.419 e. The standard InChI is InChI=1S/C11H14N2O2S/c1-12(5-6-16)8-3-4-9-10(7-8)15-11(14)13(9)2/h3-4,7,16H,5-6H2,1-2H3. The molecule has 0 radical (unpaired) electrons. The summed E-state index contributed by atoms with van der Waals surface area (Å²) in [7, 11) is 3.68. The maximum atomic E-state index is 11.3. The quantitative estimate of drug-likeness (QED) is 0.823. The molecule has 0 aliphatic heterocycles. The Kier molecular flexibility index (Phi) is 2.96. The van der Waals surface area contributed by atoms with Crippen LogP contribution >= 0.6 is 12.6 Å². The third-order valence-electron chi connectivity index (χ3n) is 2.65. The van der Waals surface area contributed by atoms with Crippen molar-refractivity contribution in [3.8, 4) is 0 Å². The first-order valence-electron chi connectivity index (χ1n) is 5.05. The van der Waals surface area contributed by atoms with E-state index in [2.05, 4.69) is 17.5 Å². The fourth-order valence-electron chi connectivity index (χ4n) is 1.64. The van der Waals surface area contributed by atoms with Gasteiger partial charge < -0.3 is 9.32 Å². The monoisotopic (exact) mass is 238 g/mol. The van der Waals surface area contributed by atoms with Crippen LogP contribution in [0, 0.1) is 0 Å². The third-order valence-corrected chi connectivity index (χ3v) is 2.85. The van der Waals surface area contributed by atoms with Crippen LogP contribution in [0.1, 0.15) is 0 Å². The van der Waals surface area contributed by atoms with E-state index in [0.717, 1.165) is 23.5 Å². The van der Waals surface area contributed by atoms with Gasteiger partial charge in [0, 0.05) is 38.1 Å². The summed E-state index contributed by atoms with van der Waals surface area (Å²) in [6, 6.07) is 5.74. The number of anilines is 1. The number of hydrogen-bond acceptors (Lipinski definition) is 4. The minimum absolute atomic E-state index is 0.330. The van der Waals surface area contributed by atoms with Crippen molar-refractivity contribution in [1.82, 2.24) is 4.57 Å². The number of aryl methyl sites for hydroxylation is 1. The van der Waals surface area contributed by atoms with Crippen LogP contribution in [-0.4, -0.2) is 23.9 Å². The summed E-state index contributed by atoms with van der Waals surface area (Å²) in [5.74, 6) is 0.455. The molecule has 0 aliphatic rings. The van der Waals surface area contributed by atoms with Crippen molar-refractivity contribution >= 4 is 29.4 Å². The molecule has 5 heteroatoms. The number of oxazole rings is 1. The first-order valence-corrected chi connectivity index (χ1v) is 5.68. The van der Waals surface area contributed by atoms with Gasteiger partial charge in [-0.25, -0.2) is 4.79 Å². The molecule has 2 rings (SSSR count). The second-order valence-electron chi connectivity index (χ2n) is 3.72. The Bertz CT molecular complexity index is 559. The fraction of sp³-hybridized carbons (Fsp3) is 0.364. The first-order chi connectivity index (χ1) is 7.63. The molecule has 0 aliphatic carbocycles. The lowest BCUT2D eigenvalue weighted by Crippen LogP contribution is -2.19. The average Bonchev–Trinajstić information content (AvgIpc) is 2.55. The molecule has 1 aromatic carbocycles. The highest BCUT2D eigenvalue weighted by atomic mass is 32.1. The van der Waals surface area contributed by atoms with Crippen molar-refractivity contribution in [2.24, 2.45) is 7.05 Å². The zero-order valence-electron chi connectivity index (χ0n) is 9.30. The van der Waals surface area contributed by atoms with Gasteiger partial charge in [-0.05, 0) is 12.1 Å². The van der Waals surface area contributed by atoms with Crippen LogP contribution in [-0.2, 0) is 7.05 Å². The van der Waals surface area contributed by atoms with E-state index in [1.807, 2.05) is 25.2 Å². The smallest absolute Gasteiger partial charge is 0.408 e. The van der Waals surface area contributed by atoms with E-state index in [4.69, 9.17) is 4.42 Å². The molecule has 16 heavy (non-hydrogen) atoms. The highest BCUT2D eigenvalue weighted by Crippen LogP contribution is 2.20.